The van der Waals surface area contributed by atoms with E-state index in [2.05, 4.69) is 326 Å². The first-order chi connectivity index (χ1) is 40.4. The summed E-state index contributed by atoms with van der Waals surface area (Å²) >= 11 is 0. The summed E-state index contributed by atoms with van der Waals surface area (Å²) in [5.74, 6) is 0. The highest BCUT2D eigenvalue weighted by Crippen LogP contribution is 2.11. The van der Waals surface area contributed by atoms with Gasteiger partial charge < -0.3 is 88.2 Å². The van der Waals surface area contributed by atoms with E-state index in [0.29, 0.717) is 0 Å². The summed E-state index contributed by atoms with van der Waals surface area (Å²) in [5, 5.41) is 0. The van der Waals surface area contributed by atoms with Crippen molar-refractivity contribution in [2.24, 2.45) is 0 Å². The minimum atomic E-state index is 1.03. The maximum Gasteiger partial charge on any atom is 0.0893 e. The quantitative estimate of drug-likeness (QED) is 0.110. The van der Waals surface area contributed by atoms with Crippen molar-refractivity contribution in [1.82, 2.24) is 88.2 Å². The van der Waals surface area contributed by atoms with Gasteiger partial charge in [-0.05, 0) is 59.3 Å². The van der Waals surface area contributed by atoms with Crippen LogP contribution in [0.15, 0.2) is 112 Å². The van der Waals surface area contributed by atoms with Gasteiger partial charge in [0, 0.05) is 234 Å². The average molecular weight is 1180 g/mol. The second-order valence-corrected chi connectivity index (χ2v) is 23.5. The minimum Gasteiger partial charge on any atom is -0.362 e. The van der Waals surface area contributed by atoms with Crippen molar-refractivity contribution in [3.8, 4) is 0 Å². The van der Waals surface area contributed by atoms with E-state index in [9.17, 15) is 0 Å². The van der Waals surface area contributed by atoms with E-state index >= 15 is 0 Å². The lowest BCUT2D eigenvalue weighted by Gasteiger charge is -2.20. The van der Waals surface area contributed by atoms with Gasteiger partial charge in [-0.15, -0.1) is 0 Å². The molecule has 0 amide bonds. The van der Waals surface area contributed by atoms with E-state index in [4.69, 9.17) is 0 Å². The Morgan fingerprint density at radius 2 is 0.321 bits per heavy atom. The number of rotatable bonds is 21. The van der Waals surface area contributed by atoms with Crippen molar-refractivity contribution in [3.05, 3.63) is 112 Å². The Kier molecular flexibility index (Phi) is 43.8. The zero-order valence-electron chi connectivity index (χ0n) is 57.7. The molecule has 18 heteroatoms. The van der Waals surface area contributed by atoms with Gasteiger partial charge in [-0.2, -0.15) is 0 Å². The van der Waals surface area contributed by atoms with Gasteiger partial charge >= 0.3 is 0 Å². The van der Waals surface area contributed by atoms with Crippen molar-refractivity contribution in [2.45, 2.75) is 139 Å². The van der Waals surface area contributed by atoms with Gasteiger partial charge in [0.1, 0.15) is 0 Å². The Morgan fingerprint density at radius 3 is 0.464 bits per heavy atom. The Labute approximate surface area is 519 Å². The van der Waals surface area contributed by atoms with Crippen molar-refractivity contribution in [1.29, 1.82) is 0 Å². The van der Waals surface area contributed by atoms with Gasteiger partial charge in [0.05, 0.1) is 60.0 Å². The Balaban J connectivity index is 0.000000476. The number of hydrogen-bond acceptors (Lipinski definition) is 18. The molecule has 0 saturated heterocycles. The molecule has 0 aliphatic carbocycles. The van der Waals surface area contributed by atoms with Crippen LogP contribution in [0.3, 0.4) is 0 Å². The topological polar surface area (TPSA) is 58.3 Å². The second-order valence-electron chi connectivity index (χ2n) is 23.5. The molecule has 0 aromatic carbocycles. The summed E-state index contributed by atoms with van der Waals surface area (Å²) < 4.78 is 0. The summed E-state index contributed by atoms with van der Waals surface area (Å²) in [6.45, 7) is 40.1. The molecule has 0 aromatic heterocycles. The highest BCUT2D eigenvalue weighted by atomic mass is 15.4. The lowest BCUT2D eigenvalue weighted by atomic mass is 10.3. The molecule has 18 nitrogen and oxygen atoms in total. The summed E-state index contributed by atoms with van der Waals surface area (Å²) in [5.41, 5.74) is 0. The maximum absolute atomic E-state index is 2.40. The molecule has 0 spiro atoms. The molecule has 0 bridgehead atoms. The molecule has 9 aliphatic heterocycles. The summed E-state index contributed by atoms with van der Waals surface area (Å²) in [6.07, 6.45) is 53.9. The first kappa shape index (κ1) is 76.1. The van der Waals surface area contributed by atoms with Crippen molar-refractivity contribution in [2.75, 3.05) is 182 Å². The van der Waals surface area contributed by atoms with Gasteiger partial charge in [0.2, 0.25) is 0 Å². The van der Waals surface area contributed by atoms with Gasteiger partial charge in [-0.1, -0.05) is 80.1 Å². The standard InChI is InChI=1S/2C11H22N2.2C8H16N2.C7H14N2.C6H12N2.3C5H10N2/c2*1-3-5-7-12-9-10-13(11-12)8-6-4-2;2*1-3-4-5-10-7-6-9(2)8-10;1-3-8-5-6-9(4-2)7-8;1-3-8-5-4-7(2)6-8;3*1-6-3-4-7(2)5-6/h2*9-10H,3-8,11H2,1-2H3;2*6-7H,3-5,8H2,1-2H3;5-6H,3-4,7H2,1-2H3;4-5H,3,6H2,1-2H3;3*3-4H,5H2,1-2H3. The van der Waals surface area contributed by atoms with E-state index < -0.39 is 0 Å². The Bertz CT molecular complexity index is 1640. The molecule has 0 atom stereocenters. The van der Waals surface area contributed by atoms with Crippen LogP contribution in [0.25, 0.3) is 0 Å². The Hall–Kier alpha value is -5.94. The Morgan fingerprint density at radius 1 is 0.179 bits per heavy atom. The van der Waals surface area contributed by atoms with Crippen LogP contribution in [0.1, 0.15) is 139 Å². The first-order valence-corrected chi connectivity index (χ1v) is 32.6. The molecule has 0 unspecified atom stereocenters. The predicted molar refractivity (Wildman–Crippen MR) is 363 cm³/mol. The van der Waals surface area contributed by atoms with Gasteiger partial charge in [0.15, 0.2) is 0 Å². The first-order valence-electron chi connectivity index (χ1n) is 32.6. The fourth-order valence-electron chi connectivity index (χ4n) is 8.99. The van der Waals surface area contributed by atoms with Crippen LogP contribution in [0, 0.1) is 0 Å². The molecule has 9 heterocycles. The molecule has 9 aliphatic rings. The zero-order chi connectivity index (χ0) is 62.3. The van der Waals surface area contributed by atoms with E-state index in [1.807, 2.05) is 0 Å². The maximum atomic E-state index is 2.40. The number of hydrogen-bond donors (Lipinski definition) is 0. The average Bonchev–Trinajstić information content (AvgIpc) is 4.35. The predicted octanol–water partition coefficient (Wildman–Crippen LogP) is 10.8. The minimum absolute atomic E-state index is 1.03. The van der Waals surface area contributed by atoms with Crippen LogP contribution in [0.2, 0.25) is 0 Å². The van der Waals surface area contributed by atoms with Gasteiger partial charge in [-0.25, -0.2) is 0 Å². The lowest BCUT2D eigenvalue weighted by Crippen LogP contribution is -2.26. The van der Waals surface area contributed by atoms with E-state index in [1.54, 1.807) is 0 Å². The third-order valence-corrected chi connectivity index (χ3v) is 14.4. The normalized spacial score (nSPS) is 17.4. The van der Waals surface area contributed by atoms with Crippen LogP contribution in [0.5, 0.6) is 0 Å². The SMILES string of the molecule is CCCCN1C=CN(C)C1.CCCCN1C=CN(C)C1.CCCCN1C=CN(CCCC)C1.CCCCN1C=CN(CCCC)C1.CCN1C=CN(C)C1.CCN1C=CN(CC)C1.CN1C=CN(C)C1.CN1C=CN(C)C1.CN1C=CN(C)C1. The van der Waals surface area contributed by atoms with Crippen LogP contribution >= 0.6 is 0 Å². The number of nitrogens with zero attached hydrogens (tertiary/aromatic N) is 18. The monoisotopic (exact) mass is 1180 g/mol. The second kappa shape index (κ2) is 48.3. The van der Waals surface area contributed by atoms with E-state index in [0.717, 1.165) is 79.7 Å². The molecule has 0 N–H and O–H groups in total. The summed E-state index contributed by atoms with van der Waals surface area (Å²) in [6, 6.07) is 0. The van der Waals surface area contributed by atoms with Crippen molar-refractivity contribution >= 4 is 0 Å². The molecule has 0 aromatic rings. The lowest BCUT2D eigenvalue weighted by molar-refractivity contribution is 0.260. The fraction of sp³-hybridized carbons (Fsp3) is 0.727. The van der Waals surface area contributed by atoms with Gasteiger partial charge in [0.25, 0.3) is 0 Å². The third-order valence-electron chi connectivity index (χ3n) is 14.4. The fourth-order valence-corrected chi connectivity index (χ4v) is 8.99. The molecule has 9 rings (SSSR count). The van der Waals surface area contributed by atoms with E-state index in [1.165, 1.54) is 116 Å². The molecule has 84 heavy (non-hydrogen) atoms. The smallest absolute Gasteiger partial charge is 0.0893 e. The van der Waals surface area contributed by atoms with Crippen LogP contribution in [-0.2, 0) is 0 Å². The molecule has 0 fully saturated rings. The van der Waals surface area contributed by atoms with Crippen molar-refractivity contribution < 1.29 is 0 Å². The summed E-state index contributed by atoms with van der Waals surface area (Å²) in [7, 11) is 18.6. The van der Waals surface area contributed by atoms with Crippen molar-refractivity contribution in [3.63, 3.8) is 0 Å². The number of unbranched alkanes of at least 4 members (excludes halogenated alkanes) is 6. The highest BCUT2D eigenvalue weighted by molar-refractivity contribution is 4.94. The molecule has 0 saturated carbocycles. The van der Waals surface area contributed by atoms with Crippen LogP contribution < -0.4 is 0 Å². The zero-order valence-corrected chi connectivity index (χ0v) is 57.7. The van der Waals surface area contributed by atoms with Gasteiger partial charge in [-0.3, -0.25) is 0 Å². The van der Waals surface area contributed by atoms with E-state index in [-0.39, 0.29) is 0 Å². The van der Waals surface area contributed by atoms with Crippen LogP contribution in [-0.4, -0.2) is 271 Å². The molecule has 486 valence electrons. The molecular formula is C66H132N18. The van der Waals surface area contributed by atoms with Crippen LogP contribution in [0.4, 0.5) is 0 Å². The third kappa shape index (κ3) is 38.8. The largest absolute Gasteiger partial charge is 0.362 e. The molecular weight excluding hydrogens is 1040 g/mol. The highest BCUT2D eigenvalue weighted by Gasteiger charge is 2.13. The summed E-state index contributed by atoms with van der Waals surface area (Å²) in [4.78, 5) is 40.4. The molecule has 0 radical (unpaired) electrons.